The number of hydrogen-bond acceptors (Lipinski definition) is 4. The minimum atomic E-state index is 0.179. The predicted molar refractivity (Wildman–Crippen MR) is 116 cm³/mol. The van der Waals surface area contributed by atoms with Crippen molar-refractivity contribution < 1.29 is 4.79 Å². The van der Waals surface area contributed by atoms with Crippen LogP contribution in [0.3, 0.4) is 0 Å². The van der Waals surface area contributed by atoms with E-state index >= 15 is 0 Å². The van der Waals surface area contributed by atoms with Gasteiger partial charge >= 0.3 is 0 Å². The number of nitrogens with zero attached hydrogens (tertiary/aromatic N) is 5. The van der Waals surface area contributed by atoms with E-state index in [-0.39, 0.29) is 11.8 Å². The highest BCUT2D eigenvalue weighted by Gasteiger charge is 2.33. The Morgan fingerprint density at radius 1 is 1.10 bits per heavy atom. The molecule has 2 aromatic heterocycles. The monoisotopic (exact) mass is 399 g/mol. The third-order valence-corrected chi connectivity index (χ3v) is 6.07. The van der Waals surface area contributed by atoms with Crippen molar-refractivity contribution in [1.29, 1.82) is 0 Å². The van der Waals surface area contributed by atoms with Gasteiger partial charge in [-0.15, -0.1) is 5.10 Å². The van der Waals surface area contributed by atoms with Gasteiger partial charge in [0.05, 0.1) is 5.52 Å². The van der Waals surface area contributed by atoms with Gasteiger partial charge in [-0.1, -0.05) is 30.3 Å². The van der Waals surface area contributed by atoms with Gasteiger partial charge in [0.25, 0.3) is 0 Å². The van der Waals surface area contributed by atoms with E-state index in [0.29, 0.717) is 13.1 Å². The van der Waals surface area contributed by atoms with Crippen molar-refractivity contribution in [2.24, 2.45) is 5.92 Å². The molecule has 1 fully saturated rings. The first-order valence-electron chi connectivity index (χ1n) is 10.5. The van der Waals surface area contributed by atoms with Crippen LogP contribution in [0.2, 0.25) is 0 Å². The third kappa shape index (κ3) is 3.54. The summed E-state index contributed by atoms with van der Waals surface area (Å²) in [6.45, 7) is 5.42. The van der Waals surface area contributed by atoms with Crippen molar-refractivity contribution in [1.82, 2.24) is 24.9 Å². The molecule has 6 heteroatoms. The number of carbonyl (C=O) groups is 1. The van der Waals surface area contributed by atoms with Crippen LogP contribution in [0.15, 0.2) is 48.5 Å². The highest BCUT2D eigenvalue weighted by molar-refractivity contribution is 5.85. The average molecular weight is 399 g/mol. The Bertz CT molecular complexity index is 1230. The van der Waals surface area contributed by atoms with Crippen LogP contribution in [-0.4, -0.2) is 37.4 Å². The van der Waals surface area contributed by atoms with Crippen molar-refractivity contribution >= 4 is 22.5 Å². The van der Waals surface area contributed by atoms with E-state index in [2.05, 4.69) is 59.7 Å². The lowest BCUT2D eigenvalue weighted by Crippen LogP contribution is -2.33. The largest absolute Gasteiger partial charge is 0.338 e. The van der Waals surface area contributed by atoms with E-state index in [1.165, 1.54) is 16.7 Å². The lowest BCUT2D eigenvalue weighted by atomic mass is 10.0. The van der Waals surface area contributed by atoms with Gasteiger partial charge in [0.15, 0.2) is 5.65 Å². The van der Waals surface area contributed by atoms with Crippen LogP contribution >= 0.6 is 0 Å². The zero-order valence-corrected chi connectivity index (χ0v) is 17.4. The highest BCUT2D eigenvalue weighted by Crippen LogP contribution is 2.32. The molecule has 0 unspecified atom stereocenters. The number of pyridine rings is 1. The van der Waals surface area contributed by atoms with Crippen LogP contribution in [-0.2, 0) is 17.8 Å². The molecule has 1 aliphatic carbocycles. The molecule has 0 radical (unpaired) electrons. The average Bonchev–Trinajstić information content (AvgIpc) is 3.49. The summed E-state index contributed by atoms with van der Waals surface area (Å²) >= 11 is 0. The van der Waals surface area contributed by atoms with Crippen molar-refractivity contribution in [2.45, 2.75) is 39.7 Å². The molecule has 0 atom stereocenters. The van der Waals surface area contributed by atoms with Gasteiger partial charge < -0.3 is 4.90 Å². The third-order valence-electron chi connectivity index (χ3n) is 6.07. The van der Waals surface area contributed by atoms with Crippen LogP contribution < -0.4 is 0 Å². The zero-order chi connectivity index (χ0) is 20.7. The molecule has 2 aromatic carbocycles. The minimum absolute atomic E-state index is 0.179. The lowest BCUT2D eigenvalue weighted by Gasteiger charge is -2.23. The van der Waals surface area contributed by atoms with E-state index in [1.54, 1.807) is 4.52 Å². The Labute approximate surface area is 175 Å². The number of carbonyl (C=O) groups excluding carboxylic acids is 1. The normalized spacial score (nSPS) is 13.8. The first kappa shape index (κ1) is 18.7. The molecule has 30 heavy (non-hydrogen) atoms. The predicted octanol–water partition coefficient (Wildman–Crippen LogP) is 3.88. The fraction of sp³-hybridized carbons (Fsp3) is 0.333. The van der Waals surface area contributed by atoms with Crippen LogP contribution in [0.1, 0.15) is 35.1 Å². The van der Waals surface area contributed by atoms with Crippen molar-refractivity contribution in [2.75, 3.05) is 6.54 Å². The first-order valence-corrected chi connectivity index (χ1v) is 10.5. The molecule has 4 aromatic rings. The van der Waals surface area contributed by atoms with E-state index in [1.807, 2.05) is 23.1 Å². The van der Waals surface area contributed by atoms with E-state index < -0.39 is 0 Å². The van der Waals surface area contributed by atoms with E-state index in [4.69, 9.17) is 0 Å². The van der Waals surface area contributed by atoms with Gasteiger partial charge in [0.2, 0.25) is 5.91 Å². The number of benzene rings is 2. The summed E-state index contributed by atoms with van der Waals surface area (Å²) < 4.78 is 1.80. The fourth-order valence-corrected chi connectivity index (χ4v) is 4.01. The Hall–Kier alpha value is -3.28. The van der Waals surface area contributed by atoms with E-state index in [9.17, 15) is 4.79 Å². The van der Waals surface area contributed by atoms with Gasteiger partial charge in [0.1, 0.15) is 0 Å². The Kier molecular flexibility index (Phi) is 4.69. The Morgan fingerprint density at radius 3 is 2.63 bits per heavy atom. The standard InChI is InChI=1S/C24H25N5O/c1-16-12-20-14-21(23-25-26-27-29(23)22(20)13-17(16)2)15-28(24(30)19-8-9-19)11-10-18-6-4-3-5-7-18/h3-7,12-14,19H,8-11,15H2,1-2H3. The molecule has 0 saturated heterocycles. The maximum atomic E-state index is 13.0. The molecule has 0 spiro atoms. The van der Waals surface area contributed by atoms with Crippen LogP contribution in [0.4, 0.5) is 0 Å². The number of aryl methyl sites for hydroxylation is 2. The summed E-state index contributed by atoms with van der Waals surface area (Å²) in [5.74, 6) is 0.426. The molecular weight excluding hydrogens is 374 g/mol. The minimum Gasteiger partial charge on any atom is -0.338 e. The summed E-state index contributed by atoms with van der Waals surface area (Å²) in [5.41, 5.74) is 6.38. The molecule has 5 rings (SSSR count). The van der Waals surface area contributed by atoms with Gasteiger partial charge in [-0.25, -0.2) is 0 Å². The second-order valence-corrected chi connectivity index (χ2v) is 8.35. The quantitative estimate of drug-likeness (QED) is 0.494. The topological polar surface area (TPSA) is 63.4 Å². The van der Waals surface area contributed by atoms with Crippen LogP contribution in [0.25, 0.3) is 16.6 Å². The molecule has 0 bridgehead atoms. The van der Waals surface area contributed by atoms with Crippen molar-refractivity contribution in [3.8, 4) is 0 Å². The Balaban J connectivity index is 1.50. The summed E-state index contributed by atoms with van der Waals surface area (Å²) in [7, 11) is 0. The van der Waals surface area contributed by atoms with Gasteiger partial charge in [0, 0.05) is 30.0 Å². The molecule has 152 valence electrons. The number of amides is 1. The smallest absolute Gasteiger partial charge is 0.225 e. The number of fused-ring (bicyclic) bond motifs is 3. The SMILES string of the molecule is Cc1cc2cc(CN(CCc3ccccc3)C(=O)C3CC3)c3nnnn3c2cc1C. The molecule has 0 N–H and O–H groups in total. The molecule has 1 aliphatic rings. The second-order valence-electron chi connectivity index (χ2n) is 8.35. The fourth-order valence-electron chi connectivity index (χ4n) is 4.01. The van der Waals surface area contributed by atoms with Gasteiger partial charge in [-0.05, 0) is 78.4 Å². The molecular formula is C24H25N5O. The van der Waals surface area contributed by atoms with Crippen LogP contribution in [0, 0.1) is 19.8 Å². The number of aromatic nitrogens is 4. The molecule has 1 saturated carbocycles. The zero-order valence-electron chi connectivity index (χ0n) is 17.4. The Morgan fingerprint density at radius 2 is 1.87 bits per heavy atom. The van der Waals surface area contributed by atoms with Crippen molar-refractivity contribution in [3.05, 3.63) is 70.8 Å². The number of rotatable bonds is 6. The molecule has 2 heterocycles. The van der Waals surface area contributed by atoms with Crippen molar-refractivity contribution in [3.63, 3.8) is 0 Å². The second kappa shape index (κ2) is 7.52. The first-order chi connectivity index (χ1) is 14.6. The van der Waals surface area contributed by atoms with Gasteiger partial charge in [-0.2, -0.15) is 4.52 Å². The molecule has 1 amide bonds. The van der Waals surface area contributed by atoms with Gasteiger partial charge in [-0.3, -0.25) is 4.79 Å². The molecule has 0 aliphatic heterocycles. The summed E-state index contributed by atoms with van der Waals surface area (Å²) in [6.07, 6.45) is 2.84. The maximum Gasteiger partial charge on any atom is 0.225 e. The lowest BCUT2D eigenvalue weighted by molar-refractivity contribution is -0.133. The summed E-state index contributed by atoms with van der Waals surface area (Å²) in [4.78, 5) is 15.0. The summed E-state index contributed by atoms with van der Waals surface area (Å²) in [5, 5.41) is 13.5. The summed E-state index contributed by atoms with van der Waals surface area (Å²) in [6, 6.07) is 16.8. The molecule has 6 nitrogen and oxygen atoms in total. The van der Waals surface area contributed by atoms with E-state index in [0.717, 1.165) is 41.4 Å². The number of tetrazole rings is 1. The maximum absolute atomic E-state index is 13.0. The highest BCUT2D eigenvalue weighted by atomic mass is 16.2. The number of hydrogen-bond donors (Lipinski definition) is 0. The van der Waals surface area contributed by atoms with Crippen LogP contribution in [0.5, 0.6) is 0 Å².